The van der Waals surface area contributed by atoms with Gasteiger partial charge in [0.25, 0.3) is 0 Å². The average Bonchev–Trinajstić information content (AvgIpc) is 3.29. The van der Waals surface area contributed by atoms with Gasteiger partial charge in [-0.05, 0) is 56.5 Å². The number of nitrogens with zero attached hydrogens (tertiary/aromatic N) is 5. The first-order valence-electron chi connectivity index (χ1n) is 11.2. The summed E-state index contributed by atoms with van der Waals surface area (Å²) in [5.41, 5.74) is 2.70. The molecule has 164 valence electrons. The molecule has 0 unspecified atom stereocenters. The molecule has 1 fully saturated rings. The van der Waals surface area contributed by atoms with Crippen LogP contribution in [0, 0.1) is 6.92 Å². The van der Waals surface area contributed by atoms with Crippen molar-refractivity contribution in [2.45, 2.75) is 32.7 Å². The van der Waals surface area contributed by atoms with E-state index in [0.717, 1.165) is 64.6 Å². The minimum absolute atomic E-state index is 0.891. The summed E-state index contributed by atoms with van der Waals surface area (Å²) in [6.45, 7) is 10.7. The van der Waals surface area contributed by atoms with Crippen molar-refractivity contribution >= 4 is 11.6 Å². The molecule has 0 radical (unpaired) electrons. The van der Waals surface area contributed by atoms with Gasteiger partial charge in [-0.2, -0.15) is 5.10 Å². The highest BCUT2D eigenvalue weighted by molar-refractivity contribution is 5.79. The molecule has 1 saturated heterocycles. The zero-order valence-electron chi connectivity index (χ0n) is 18.6. The molecular formula is C23H37N7. The molecule has 0 spiro atoms. The Morgan fingerprint density at radius 3 is 2.50 bits per heavy atom. The van der Waals surface area contributed by atoms with Crippen LogP contribution in [-0.2, 0) is 6.54 Å². The Kier molecular flexibility index (Phi) is 9.03. The summed E-state index contributed by atoms with van der Waals surface area (Å²) < 4.78 is 1.96. The Morgan fingerprint density at radius 1 is 1.00 bits per heavy atom. The normalized spacial score (nSPS) is 15.4. The summed E-state index contributed by atoms with van der Waals surface area (Å²) in [6.07, 6.45) is 7.21. The summed E-state index contributed by atoms with van der Waals surface area (Å²) >= 11 is 0. The van der Waals surface area contributed by atoms with Crippen LogP contribution in [0.4, 0.5) is 5.69 Å². The van der Waals surface area contributed by atoms with Crippen LogP contribution in [0.15, 0.2) is 47.7 Å². The quantitative estimate of drug-likeness (QED) is 0.357. The fourth-order valence-electron chi connectivity index (χ4n) is 3.82. The van der Waals surface area contributed by atoms with Crippen LogP contribution in [-0.4, -0.2) is 73.5 Å². The molecule has 2 aromatic rings. The fraction of sp³-hybridized carbons (Fsp3) is 0.565. The lowest BCUT2D eigenvalue weighted by atomic mass is 10.2. The monoisotopic (exact) mass is 411 g/mol. The summed E-state index contributed by atoms with van der Waals surface area (Å²) in [5, 5.41) is 11.0. The molecule has 1 aromatic heterocycles. The van der Waals surface area contributed by atoms with Crippen molar-refractivity contribution in [3.8, 4) is 0 Å². The number of guanidine groups is 1. The Labute approximate surface area is 181 Å². The molecular weight excluding hydrogens is 374 g/mol. The second-order valence-electron chi connectivity index (χ2n) is 7.92. The summed E-state index contributed by atoms with van der Waals surface area (Å²) in [5.74, 6) is 0.891. The number of anilines is 1. The largest absolute Gasteiger partial charge is 0.369 e. The Morgan fingerprint density at radius 2 is 1.80 bits per heavy atom. The van der Waals surface area contributed by atoms with E-state index in [0.29, 0.717) is 0 Å². The van der Waals surface area contributed by atoms with Gasteiger partial charge >= 0.3 is 0 Å². The van der Waals surface area contributed by atoms with E-state index < -0.39 is 0 Å². The first-order chi connectivity index (χ1) is 14.7. The van der Waals surface area contributed by atoms with Gasteiger partial charge in [0.2, 0.25) is 0 Å². The van der Waals surface area contributed by atoms with E-state index in [9.17, 15) is 0 Å². The van der Waals surface area contributed by atoms with E-state index in [1.165, 1.54) is 24.2 Å². The molecule has 7 nitrogen and oxygen atoms in total. The molecule has 0 bridgehead atoms. The lowest BCUT2D eigenvalue weighted by molar-refractivity contribution is 0.253. The van der Waals surface area contributed by atoms with Gasteiger partial charge in [-0.3, -0.25) is 14.6 Å². The first kappa shape index (κ1) is 22.2. The molecule has 0 saturated carbocycles. The molecule has 0 atom stereocenters. The number of aryl methyl sites for hydroxylation is 2. The van der Waals surface area contributed by atoms with Crippen molar-refractivity contribution in [2.75, 3.05) is 57.8 Å². The summed E-state index contributed by atoms with van der Waals surface area (Å²) in [7, 11) is 1.83. The first-order valence-corrected chi connectivity index (χ1v) is 11.2. The zero-order valence-corrected chi connectivity index (χ0v) is 18.6. The summed E-state index contributed by atoms with van der Waals surface area (Å²) in [4.78, 5) is 9.41. The minimum Gasteiger partial charge on any atom is -0.369 e. The van der Waals surface area contributed by atoms with Gasteiger partial charge in [-0.25, -0.2) is 0 Å². The van der Waals surface area contributed by atoms with Crippen LogP contribution in [0.1, 0.15) is 24.8 Å². The second kappa shape index (κ2) is 12.2. The number of benzene rings is 1. The molecule has 0 aliphatic carbocycles. The van der Waals surface area contributed by atoms with Gasteiger partial charge in [-0.1, -0.05) is 12.1 Å². The third-order valence-corrected chi connectivity index (χ3v) is 5.57. The molecule has 3 rings (SSSR count). The average molecular weight is 412 g/mol. The number of hydrogen-bond acceptors (Lipinski definition) is 4. The van der Waals surface area contributed by atoms with Crippen LogP contribution in [0.25, 0.3) is 0 Å². The molecule has 1 aliphatic heterocycles. The number of unbranched alkanes of at least 4 members (excludes halogenated alkanes) is 1. The molecule has 7 heteroatoms. The number of aliphatic imine (C=N–C) groups is 1. The van der Waals surface area contributed by atoms with E-state index in [2.05, 4.69) is 61.7 Å². The predicted molar refractivity (Wildman–Crippen MR) is 125 cm³/mol. The van der Waals surface area contributed by atoms with E-state index in [1.807, 2.05) is 30.2 Å². The predicted octanol–water partition coefficient (Wildman–Crippen LogP) is 2.35. The number of hydrogen-bond donors (Lipinski definition) is 2. The van der Waals surface area contributed by atoms with Crippen molar-refractivity contribution in [3.05, 3.63) is 48.3 Å². The van der Waals surface area contributed by atoms with Crippen molar-refractivity contribution < 1.29 is 0 Å². The van der Waals surface area contributed by atoms with Gasteiger partial charge in [0.1, 0.15) is 0 Å². The Hall–Kier alpha value is -2.54. The molecule has 0 amide bonds. The van der Waals surface area contributed by atoms with Gasteiger partial charge < -0.3 is 15.5 Å². The maximum Gasteiger partial charge on any atom is 0.190 e. The van der Waals surface area contributed by atoms with Gasteiger partial charge in [0.05, 0.1) is 0 Å². The fourth-order valence-corrected chi connectivity index (χ4v) is 3.82. The highest BCUT2D eigenvalue weighted by Gasteiger charge is 2.16. The van der Waals surface area contributed by atoms with E-state index in [-0.39, 0.29) is 0 Å². The van der Waals surface area contributed by atoms with E-state index >= 15 is 0 Å². The number of piperazine rings is 1. The van der Waals surface area contributed by atoms with Crippen LogP contribution in [0.3, 0.4) is 0 Å². The molecule has 1 aromatic carbocycles. The standard InChI is InChI=1S/C23H37N7/c1-21-8-5-9-22(20-21)29-18-16-28(17-19-29)13-4-3-10-25-23(24-2)26-11-6-14-30-15-7-12-27-30/h5,7-9,12,15,20H,3-4,6,10-11,13-14,16-19H2,1-2H3,(H2,24,25,26). The van der Waals surface area contributed by atoms with E-state index in [1.54, 1.807) is 0 Å². The highest BCUT2D eigenvalue weighted by atomic mass is 15.3. The molecule has 2 heterocycles. The lowest BCUT2D eigenvalue weighted by Crippen LogP contribution is -2.46. The molecule has 1 aliphatic rings. The third-order valence-electron chi connectivity index (χ3n) is 5.57. The zero-order chi connectivity index (χ0) is 21.0. The number of nitrogens with one attached hydrogen (secondary N) is 2. The van der Waals surface area contributed by atoms with Gasteiger partial charge in [0.15, 0.2) is 5.96 Å². The Bertz CT molecular complexity index is 749. The second-order valence-corrected chi connectivity index (χ2v) is 7.92. The Balaban J connectivity index is 1.22. The van der Waals surface area contributed by atoms with Gasteiger partial charge in [0, 0.05) is 70.9 Å². The molecule has 30 heavy (non-hydrogen) atoms. The smallest absolute Gasteiger partial charge is 0.190 e. The van der Waals surface area contributed by atoms with Crippen LogP contribution >= 0.6 is 0 Å². The van der Waals surface area contributed by atoms with Crippen molar-refractivity contribution in [1.29, 1.82) is 0 Å². The van der Waals surface area contributed by atoms with Crippen molar-refractivity contribution in [1.82, 2.24) is 25.3 Å². The minimum atomic E-state index is 0.891. The molecule has 2 N–H and O–H groups in total. The van der Waals surface area contributed by atoms with Crippen molar-refractivity contribution in [3.63, 3.8) is 0 Å². The van der Waals surface area contributed by atoms with Gasteiger partial charge in [-0.15, -0.1) is 0 Å². The van der Waals surface area contributed by atoms with Crippen LogP contribution in [0.5, 0.6) is 0 Å². The highest BCUT2D eigenvalue weighted by Crippen LogP contribution is 2.17. The third kappa shape index (κ3) is 7.37. The number of rotatable bonds is 10. The maximum absolute atomic E-state index is 4.31. The number of aromatic nitrogens is 2. The van der Waals surface area contributed by atoms with E-state index in [4.69, 9.17) is 0 Å². The maximum atomic E-state index is 4.31. The van der Waals surface area contributed by atoms with Crippen LogP contribution in [0.2, 0.25) is 0 Å². The van der Waals surface area contributed by atoms with Crippen molar-refractivity contribution in [2.24, 2.45) is 4.99 Å². The summed E-state index contributed by atoms with van der Waals surface area (Å²) in [6, 6.07) is 10.8. The lowest BCUT2D eigenvalue weighted by Gasteiger charge is -2.36. The van der Waals surface area contributed by atoms with Crippen LogP contribution < -0.4 is 15.5 Å². The SMILES string of the molecule is CN=C(NCCCCN1CCN(c2cccc(C)c2)CC1)NCCCn1cccn1. The topological polar surface area (TPSA) is 60.7 Å².